The molecule has 1 aliphatic heterocycles. The molecule has 0 bridgehead atoms. The van der Waals surface area contributed by atoms with E-state index in [1.807, 2.05) is 0 Å². The SMILES string of the molecule is CC(C)CCCNC(C)CC1COCCN1. The highest BCUT2D eigenvalue weighted by atomic mass is 16.5. The molecular weight excluding hydrogens is 200 g/mol. The van der Waals surface area contributed by atoms with Crippen molar-refractivity contribution in [1.29, 1.82) is 0 Å². The van der Waals surface area contributed by atoms with Crippen LogP contribution in [0.4, 0.5) is 0 Å². The third kappa shape index (κ3) is 6.46. The fraction of sp³-hybridized carbons (Fsp3) is 1.00. The maximum atomic E-state index is 5.45. The molecule has 0 aromatic rings. The van der Waals surface area contributed by atoms with E-state index in [0.717, 1.165) is 32.2 Å². The lowest BCUT2D eigenvalue weighted by Gasteiger charge is -2.26. The molecule has 0 saturated carbocycles. The summed E-state index contributed by atoms with van der Waals surface area (Å²) in [5.74, 6) is 0.825. The van der Waals surface area contributed by atoms with Crippen LogP contribution in [0.1, 0.15) is 40.0 Å². The van der Waals surface area contributed by atoms with E-state index >= 15 is 0 Å². The molecule has 3 nitrogen and oxygen atoms in total. The third-order valence-corrected chi connectivity index (χ3v) is 3.09. The first-order chi connectivity index (χ1) is 7.68. The molecule has 1 saturated heterocycles. The lowest BCUT2D eigenvalue weighted by molar-refractivity contribution is 0.0712. The maximum Gasteiger partial charge on any atom is 0.0620 e. The highest BCUT2D eigenvalue weighted by molar-refractivity contribution is 4.75. The maximum absolute atomic E-state index is 5.45. The fourth-order valence-corrected chi connectivity index (χ4v) is 2.14. The minimum atomic E-state index is 0.543. The van der Waals surface area contributed by atoms with Crippen LogP contribution in [0.3, 0.4) is 0 Å². The first-order valence-corrected chi connectivity index (χ1v) is 6.73. The summed E-state index contributed by atoms with van der Waals surface area (Å²) in [4.78, 5) is 0. The van der Waals surface area contributed by atoms with Gasteiger partial charge in [-0.3, -0.25) is 0 Å². The molecule has 0 spiro atoms. The monoisotopic (exact) mass is 228 g/mol. The molecule has 0 aromatic heterocycles. The van der Waals surface area contributed by atoms with Crippen molar-refractivity contribution in [1.82, 2.24) is 10.6 Å². The molecule has 1 rings (SSSR count). The second-order valence-electron chi connectivity index (χ2n) is 5.35. The van der Waals surface area contributed by atoms with E-state index in [1.54, 1.807) is 0 Å². The Hall–Kier alpha value is -0.120. The van der Waals surface area contributed by atoms with Crippen LogP contribution in [0, 0.1) is 5.92 Å². The molecule has 3 heteroatoms. The van der Waals surface area contributed by atoms with Crippen molar-refractivity contribution in [2.45, 2.75) is 52.1 Å². The zero-order valence-electron chi connectivity index (χ0n) is 11.1. The first kappa shape index (κ1) is 13.9. The van der Waals surface area contributed by atoms with Crippen molar-refractivity contribution in [3.8, 4) is 0 Å². The zero-order valence-corrected chi connectivity index (χ0v) is 11.1. The third-order valence-electron chi connectivity index (χ3n) is 3.09. The van der Waals surface area contributed by atoms with Crippen molar-refractivity contribution in [2.75, 3.05) is 26.3 Å². The number of ether oxygens (including phenoxy) is 1. The van der Waals surface area contributed by atoms with Crippen LogP contribution in [-0.2, 0) is 4.74 Å². The topological polar surface area (TPSA) is 33.3 Å². The van der Waals surface area contributed by atoms with Gasteiger partial charge in [-0.25, -0.2) is 0 Å². The molecule has 0 amide bonds. The summed E-state index contributed by atoms with van der Waals surface area (Å²) in [6, 6.07) is 1.13. The van der Waals surface area contributed by atoms with Gasteiger partial charge >= 0.3 is 0 Å². The second kappa shape index (κ2) is 8.04. The number of hydrogen-bond acceptors (Lipinski definition) is 3. The summed E-state index contributed by atoms with van der Waals surface area (Å²) in [6.45, 7) is 10.7. The van der Waals surface area contributed by atoms with Crippen molar-refractivity contribution < 1.29 is 4.74 Å². The Morgan fingerprint density at radius 2 is 2.19 bits per heavy atom. The van der Waals surface area contributed by atoms with E-state index in [-0.39, 0.29) is 0 Å². The fourth-order valence-electron chi connectivity index (χ4n) is 2.14. The van der Waals surface area contributed by atoms with E-state index in [9.17, 15) is 0 Å². The Bertz CT molecular complexity index is 167. The Morgan fingerprint density at radius 1 is 1.38 bits per heavy atom. The molecule has 0 radical (unpaired) electrons. The average molecular weight is 228 g/mol. The summed E-state index contributed by atoms with van der Waals surface area (Å²) >= 11 is 0. The first-order valence-electron chi connectivity index (χ1n) is 6.73. The van der Waals surface area contributed by atoms with E-state index in [0.29, 0.717) is 12.1 Å². The molecule has 1 fully saturated rings. The normalized spacial score (nSPS) is 23.6. The summed E-state index contributed by atoms with van der Waals surface area (Å²) in [5, 5.41) is 7.08. The smallest absolute Gasteiger partial charge is 0.0620 e. The van der Waals surface area contributed by atoms with Gasteiger partial charge in [0, 0.05) is 18.6 Å². The molecule has 0 aromatic carbocycles. The number of hydrogen-bond donors (Lipinski definition) is 2. The highest BCUT2D eigenvalue weighted by Crippen LogP contribution is 2.04. The van der Waals surface area contributed by atoms with E-state index in [2.05, 4.69) is 31.4 Å². The standard InChI is InChI=1S/C13H28N2O/c1-11(2)5-4-6-14-12(3)9-13-10-16-8-7-15-13/h11-15H,4-10H2,1-3H3. The molecule has 0 aliphatic carbocycles. The molecule has 2 atom stereocenters. The average Bonchev–Trinajstić information content (AvgIpc) is 2.25. The van der Waals surface area contributed by atoms with Gasteiger partial charge in [-0.1, -0.05) is 13.8 Å². The van der Waals surface area contributed by atoms with Crippen LogP contribution in [0.25, 0.3) is 0 Å². The summed E-state index contributed by atoms with van der Waals surface area (Å²) in [7, 11) is 0. The van der Waals surface area contributed by atoms with Gasteiger partial charge in [0.15, 0.2) is 0 Å². The van der Waals surface area contributed by atoms with Crippen molar-refractivity contribution in [3.63, 3.8) is 0 Å². The van der Waals surface area contributed by atoms with Crippen molar-refractivity contribution in [2.24, 2.45) is 5.92 Å². The lowest BCUT2D eigenvalue weighted by atomic mass is 10.1. The van der Waals surface area contributed by atoms with E-state index in [1.165, 1.54) is 19.3 Å². The molecule has 1 heterocycles. The van der Waals surface area contributed by atoms with Crippen LogP contribution < -0.4 is 10.6 Å². The van der Waals surface area contributed by atoms with Gasteiger partial charge < -0.3 is 15.4 Å². The van der Waals surface area contributed by atoms with E-state index < -0.39 is 0 Å². The lowest BCUT2D eigenvalue weighted by Crippen LogP contribution is -2.45. The Morgan fingerprint density at radius 3 is 2.81 bits per heavy atom. The molecule has 2 N–H and O–H groups in total. The van der Waals surface area contributed by atoms with Gasteiger partial charge in [0.1, 0.15) is 0 Å². The summed E-state index contributed by atoms with van der Waals surface area (Å²) < 4.78 is 5.45. The molecular formula is C13H28N2O. The van der Waals surface area contributed by atoms with Gasteiger partial charge in [0.2, 0.25) is 0 Å². The van der Waals surface area contributed by atoms with Crippen LogP contribution in [0.15, 0.2) is 0 Å². The van der Waals surface area contributed by atoms with Crippen LogP contribution >= 0.6 is 0 Å². The van der Waals surface area contributed by atoms with Gasteiger partial charge in [-0.15, -0.1) is 0 Å². The summed E-state index contributed by atoms with van der Waals surface area (Å²) in [5.41, 5.74) is 0. The van der Waals surface area contributed by atoms with Crippen LogP contribution in [-0.4, -0.2) is 38.4 Å². The second-order valence-corrected chi connectivity index (χ2v) is 5.35. The van der Waals surface area contributed by atoms with Crippen molar-refractivity contribution in [3.05, 3.63) is 0 Å². The Balaban J connectivity index is 1.99. The van der Waals surface area contributed by atoms with Gasteiger partial charge in [-0.2, -0.15) is 0 Å². The molecule has 96 valence electrons. The quantitative estimate of drug-likeness (QED) is 0.652. The van der Waals surface area contributed by atoms with Crippen molar-refractivity contribution >= 4 is 0 Å². The zero-order chi connectivity index (χ0) is 11.8. The van der Waals surface area contributed by atoms with Gasteiger partial charge in [0.05, 0.1) is 13.2 Å². The Labute approximate surface area is 100 Å². The molecule has 2 unspecified atom stereocenters. The minimum Gasteiger partial charge on any atom is -0.379 e. The number of rotatable bonds is 7. The predicted molar refractivity (Wildman–Crippen MR) is 68.8 cm³/mol. The van der Waals surface area contributed by atoms with Crippen LogP contribution in [0.2, 0.25) is 0 Å². The van der Waals surface area contributed by atoms with Gasteiger partial charge in [-0.05, 0) is 38.6 Å². The number of morpholine rings is 1. The highest BCUT2D eigenvalue weighted by Gasteiger charge is 2.15. The number of nitrogens with one attached hydrogen (secondary N) is 2. The van der Waals surface area contributed by atoms with E-state index in [4.69, 9.17) is 4.74 Å². The van der Waals surface area contributed by atoms with Gasteiger partial charge in [0.25, 0.3) is 0 Å². The van der Waals surface area contributed by atoms with Crippen LogP contribution in [0.5, 0.6) is 0 Å². The minimum absolute atomic E-state index is 0.543. The molecule has 16 heavy (non-hydrogen) atoms. The summed E-state index contributed by atoms with van der Waals surface area (Å²) in [6.07, 6.45) is 3.78. The predicted octanol–water partition coefficient (Wildman–Crippen LogP) is 1.78. The molecule has 1 aliphatic rings. The Kier molecular flexibility index (Phi) is 7.01. The largest absolute Gasteiger partial charge is 0.379 e.